The van der Waals surface area contributed by atoms with Gasteiger partial charge in [-0.3, -0.25) is 4.79 Å². The Morgan fingerprint density at radius 3 is 2.88 bits per heavy atom. The molecule has 1 unspecified atom stereocenters. The van der Waals surface area contributed by atoms with Gasteiger partial charge in [0.25, 0.3) is 0 Å². The number of hydrogen-bond acceptors (Lipinski definition) is 3. The average molecular weight is 241 g/mol. The van der Waals surface area contributed by atoms with E-state index < -0.39 is 0 Å². The molecule has 1 rings (SSSR count). The first-order chi connectivity index (χ1) is 8.09. The van der Waals surface area contributed by atoms with Crippen molar-refractivity contribution in [1.29, 1.82) is 0 Å². The number of piperidine rings is 1. The quantitative estimate of drug-likeness (QED) is 0.724. The standard InChI is InChI=1S/C13H27N3O/c1-11(2)16(3)8-7-15-13(17)9-12-5-4-6-14-10-12/h11-12,14H,4-10H2,1-3H3,(H,15,17). The monoisotopic (exact) mass is 241 g/mol. The van der Waals surface area contributed by atoms with Crippen LogP contribution in [-0.2, 0) is 4.79 Å². The Balaban J connectivity index is 2.08. The first-order valence-electron chi connectivity index (χ1n) is 6.77. The molecular formula is C13H27N3O. The van der Waals surface area contributed by atoms with Gasteiger partial charge in [-0.15, -0.1) is 0 Å². The zero-order valence-corrected chi connectivity index (χ0v) is 11.5. The van der Waals surface area contributed by atoms with Gasteiger partial charge in [0.15, 0.2) is 0 Å². The third kappa shape index (κ3) is 6.03. The highest BCUT2D eigenvalue weighted by Gasteiger charge is 2.16. The van der Waals surface area contributed by atoms with E-state index in [1.165, 1.54) is 12.8 Å². The summed E-state index contributed by atoms with van der Waals surface area (Å²) in [6.45, 7) is 8.11. The third-order valence-electron chi connectivity index (χ3n) is 3.54. The van der Waals surface area contributed by atoms with Gasteiger partial charge in [0, 0.05) is 25.6 Å². The predicted octanol–water partition coefficient (Wildman–Crippen LogP) is 0.833. The Bertz CT molecular complexity index is 225. The van der Waals surface area contributed by atoms with Gasteiger partial charge < -0.3 is 15.5 Å². The summed E-state index contributed by atoms with van der Waals surface area (Å²) in [6, 6.07) is 0.537. The van der Waals surface area contributed by atoms with Crippen LogP contribution in [0.1, 0.15) is 33.1 Å². The van der Waals surface area contributed by atoms with Crippen LogP contribution < -0.4 is 10.6 Å². The molecule has 0 saturated carbocycles. The molecule has 0 bridgehead atoms. The molecule has 1 aliphatic rings. The summed E-state index contributed by atoms with van der Waals surface area (Å²) in [7, 11) is 2.09. The number of likely N-dealkylation sites (N-methyl/N-ethyl adjacent to an activating group) is 1. The second-order valence-corrected chi connectivity index (χ2v) is 5.34. The molecule has 1 heterocycles. The van der Waals surface area contributed by atoms with Crippen molar-refractivity contribution in [3.05, 3.63) is 0 Å². The van der Waals surface area contributed by atoms with Gasteiger partial charge in [0.05, 0.1) is 0 Å². The summed E-state index contributed by atoms with van der Waals surface area (Å²) in [4.78, 5) is 13.9. The minimum absolute atomic E-state index is 0.204. The van der Waals surface area contributed by atoms with Crippen LogP contribution in [0.3, 0.4) is 0 Å². The molecule has 1 atom stereocenters. The van der Waals surface area contributed by atoms with Crippen LogP contribution >= 0.6 is 0 Å². The Hall–Kier alpha value is -0.610. The number of carbonyl (C=O) groups is 1. The summed E-state index contributed by atoms with van der Waals surface area (Å²) in [5.41, 5.74) is 0. The molecule has 0 aliphatic carbocycles. The van der Waals surface area contributed by atoms with Gasteiger partial charge >= 0.3 is 0 Å². The van der Waals surface area contributed by atoms with E-state index in [2.05, 4.69) is 36.4 Å². The number of nitrogens with zero attached hydrogens (tertiary/aromatic N) is 1. The van der Waals surface area contributed by atoms with E-state index >= 15 is 0 Å². The lowest BCUT2D eigenvalue weighted by Gasteiger charge is -2.23. The summed E-state index contributed by atoms with van der Waals surface area (Å²) in [6.07, 6.45) is 3.07. The molecule has 1 saturated heterocycles. The molecular weight excluding hydrogens is 214 g/mol. The maximum atomic E-state index is 11.7. The lowest BCUT2D eigenvalue weighted by Crippen LogP contribution is -2.38. The SMILES string of the molecule is CC(C)N(C)CCNC(=O)CC1CCCNC1. The van der Waals surface area contributed by atoms with Crippen LogP contribution in [0.25, 0.3) is 0 Å². The molecule has 0 aromatic rings. The van der Waals surface area contributed by atoms with E-state index in [9.17, 15) is 4.79 Å². The second-order valence-electron chi connectivity index (χ2n) is 5.34. The van der Waals surface area contributed by atoms with Crippen molar-refractivity contribution in [3.8, 4) is 0 Å². The van der Waals surface area contributed by atoms with Crippen molar-refractivity contribution in [3.63, 3.8) is 0 Å². The van der Waals surface area contributed by atoms with Crippen molar-refractivity contribution in [2.45, 2.75) is 39.2 Å². The Morgan fingerprint density at radius 1 is 1.53 bits per heavy atom. The lowest BCUT2D eigenvalue weighted by atomic mass is 9.96. The van der Waals surface area contributed by atoms with E-state index in [0.29, 0.717) is 18.4 Å². The van der Waals surface area contributed by atoms with Crippen LogP contribution in [-0.4, -0.2) is 50.1 Å². The van der Waals surface area contributed by atoms with Gasteiger partial charge in [0.2, 0.25) is 5.91 Å². The zero-order valence-electron chi connectivity index (χ0n) is 11.5. The smallest absolute Gasteiger partial charge is 0.220 e. The van der Waals surface area contributed by atoms with Crippen molar-refractivity contribution in [2.24, 2.45) is 5.92 Å². The lowest BCUT2D eigenvalue weighted by molar-refractivity contribution is -0.122. The minimum atomic E-state index is 0.204. The molecule has 2 N–H and O–H groups in total. The first kappa shape index (κ1) is 14.5. The van der Waals surface area contributed by atoms with E-state index in [4.69, 9.17) is 0 Å². The molecule has 1 fully saturated rings. The molecule has 0 aromatic heterocycles. The number of rotatable bonds is 6. The highest BCUT2D eigenvalue weighted by atomic mass is 16.1. The molecule has 17 heavy (non-hydrogen) atoms. The summed E-state index contributed by atoms with van der Waals surface area (Å²) in [5.74, 6) is 0.738. The molecule has 100 valence electrons. The molecule has 4 nitrogen and oxygen atoms in total. The third-order valence-corrected chi connectivity index (χ3v) is 3.54. The molecule has 0 radical (unpaired) electrons. The summed E-state index contributed by atoms with van der Waals surface area (Å²) < 4.78 is 0. The van der Waals surface area contributed by atoms with E-state index in [-0.39, 0.29) is 5.91 Å². The van der Waals surface area contributed by atoms with Crippen molar-refractivity contribution < 1.29 is 4.79 Å². The second kappa shape index (κ2) is 7.67. The summed E-state index contributed by atoms with van der Waals surface area (Å²) in [5, 5.41) is 6.35. The Morgan fingerprint density at radius 2 is 2.29 bits per heavy atom. The van der Waals surface area contributed by atoms with E-state index in [0.717, 1.165) is 26.2 Å². The normalized spacial score (nSPS) is 20.9. The molecule has 1 aliphatic heterocycles. The largest absolute Gasteiger partial charge is 0.355 e. The Kier molecular flexibility index (Phi) is 6.52. The van der Waals surface area contributed by atoms with Crippen LogP contribution in [0.2, 0.25) is 0 Å². The number of hydrogen-bond donors (Lipinski definition) is 2. The highest BCUT2D eigenvalue weighted by molar-refractivity contribution is 5.76. The van der Waals surface area contributed by atoms with Gasteiger partial charge in [-0.25, -0.2) is 0 Å². The fourth-order valence-electron chi connectivity index (χ4n) is 2.06. The van der Waals surface area contributed by atoms with Crippen molar-refractivity contribution in [1.82, 2.24) is 15.5 Å². The van der Waals surface area contributed by atoms with Gasteiger partial charge in [-0.2, -0.15) is 0 Å². The Labute approximate surface area is 105 Å². The number of nitrogens with one attached hydrogen (secondary N) is 2. The van der Waals surface area contributed by atoms with Crippen LogP contribution in [0, 0.1) is 5.92 Å². The fourth-order valence-corrected chi connectivity index (χ4v) is 2.06. The molecule has 1 amide bonds. The fraction of sp³-hybridized carbons (Fsp3) is 0.923. The first-order valence-corrected chi connectivity index (χ1v) is 6.77. The number of carbonyl (C=O) groups excluding carboxylic acids is 1. The maximum absolute atomic E-state index is 11.7. The number of amides is 1. The van der Waals surface area contributed by atoms with E-state index in [1.54, 1.807) is 0 Å². The van der Waals surface area contributed by atoms with E-state index in [1.807, 2.05) is 0 Å². The van der Waals surface area contributed by atoms with Crippen molar-refractivity contribution in [2.75, 3.05) is 33.2 Å². The molecule has 4 heteroatoms. The zero-order chi connectivity index (χ0) is 12.7. The highest BCUT2D eigenvalue weighted by Crippen LogP contribution is 2.13. The minimum Gasteiger partial charge on any atom is -0.355 e. The predicted molar refractivity (Wildman–Crippen MR) is 71.0 cm³/mol. The van der Waals surface area contributed by atoms with Crippen LogP contribution in [0.4, 0.5) is 0 Å². The summed E-state index contributed by atoms with van der Waals surface area (Å²) >= 11 is 0. The van der Waals surface area contributed by atoms with Crippen LogP contribution in [0.5, 0.6) is 0 Å². The average Bonchev–Trinajstić information content (AvgIpc) is 2.30. The molecule has 0 aromatic carbocycles. The maximum Gasteiger partial charge on any atom is 0.220 e. The topological polar surface area (TPSA) is 44.4 Å². The van der Waals surface area contributed by atoms with Crippen molar-refractivity contribution >= 4 is 5.91 Å². The van der Waals surface area contributed by atoms with Gasteiger partial charge in [-0.1, -0.05) is 0 Å². The van der Waals surface area contributed by atoms with Gasteiger partial charge in [0.1, 0.15) is 0 Å². The molecule has 0 spiro atoms. The van der Waals surface area contributed by atoms with Gasteiger partial charge in [-0.05, 0) is 52.7 Å². The van der Waals surface area contributed by atoms with Crippen LogP contribution in [0.15, 0.2) is 0 Å².